The molecule has 1 unspecified atom stereocenters. The molecule has 1 heterocycles. The number of rotatable bonds is 8. The smallest absolute Gasteiger partial charge is 0.193 e. The zero-order valence-corrected chi connectivity index (χ0v) is 15.4. The molecule has 1 aliphatic heterocycles. The van der Waals surface area contributed by atoms with Crippen molar-refractivity contribution in [3.05, 3.63) is 35.9 Å². The third-order valence-corrected chi connectivity index (χ3v) is 4.29. The van der Waals surface area contributed by atoms with Gasteiger partial charge >= 0.3 is 0 Å². The maximum atomic E-state index is 5.47. The highest BCUT2D eigenvalue weighted by molar-refractivity contribution is 5.79. The van der Waals surface area contributed by atoms with E-state index in [1.54, 1.807) is 0 Å². The second kappa shape index (κ2) is 10.3. The van der Waals surface area contributed by atoms with Crippen molar-refractivity contribution in [2.24, 2.45) is 10.9 Å². The summed E-state index contributed by atoms with van der Waals surface area (Å²) in [4.78, 5) is 9.33. The average molecular weight is 332 g/mol. The van der Waals surface area contributed by atoms with Crippen molar-refractivity contribution < 1.29 is 4.74 Å². The van der Waals surface area contributed by atoms with Crippen molar-refractivity contribution in [1.29, 1.82) is 0 Å². The van der Waals surface area contributed by atoms with Gasteiger partial charge in [-0.3, -0.25) is 4.99 Å². The second-order valence-electron chi connectivity index (χ2n) is 6.57. The number of ether oxygens (including phenoxy) is 1. The Hall–Kier alpha value is -1.59. The van der Waals surface area contributed by atoms with E-state index in [1.807, 2.05) is 0 Å². The number of benzene rings is 1. The molecule has 1 fully saturated rings. The van der Waals surface area contributed by atoms with Crippen molar-refractivity contribution in [2.45, 2.75) is 19.9 Å². The number of nitrogens with zero attached hydrogens (tertiary/aromatic N) is 3. The van der Waals surface area contributed by atoms with Gasteiger partial charge in [0.05, 0.1) is 13.2 Å². The van der Waals surface area contributed by atoms with Crippen molar-refractivity contribution in [3.63, 3.8) is 0 Å². The molecule has 0 spiro atoms. The summed E-state index contributed by atoms with van der Waals surface area (Å²) in [5.74, 6) is 1.62. The minimum Gasteiger partial charge on any atom is -0.381 e. The molecule has 1 atom stereocenters. The highest BCUT2D eigenvalue weighted by Gasteiger charge is 2.18. The Morgan fingerprint density at radius 2 is 2.08 bits per heavy atom. The number of hydrogen-bond acceptors (Lipinski definition) is 3. The highest BCUT2D eigenvalue weighted by Crippen LogP contribution is 2.13. The van der Waals surface area contributed by atoms with Crippen LogP contribution in [0.25, 0.3) is 0 Å². The van der Waals surface area contributed by atoms with Gasteiger partial charge in [-0.2, -0.15) is 0 Å². The summed E-state index contributed by atoms with van der Waals surface area (Å²) in [6.07, 6.45) is 1.16. The van der Waals surface area contributed by atoms with Crippen LogP contribution in [0.1, 0.15) is 18.9 Å². The Kier molecular flexibility index (Phi) is 8.05. The minimum absolute atomic E-state index is 0.625. The van der Waals surface area contributed by atoms with Gasteiger partial charge in [0.25, 0.3) is 0 Å². The van der Waals surface area contributed by atoms with E-state index in [0.717, 1.165) is 58.3 Å². The van der Waals surface area contributed by atoms with Gasteiger partial charge in [-0.05, 0) is 26.0 Å². The number of guanidine groups is 1. The molecule has 5 heteroatoms. The molecule has 2 rings (SSSR count). The van der Waals surface area contributed by atoms with Gasteiger partial charge in [-0.15, -0.1) is 0 Å². The third kappa shape index (κ3) is 6.49. The fraction of sp³-hybridized carbons (Fsp3) is 0.632. The Morgan fingerprint density at radius 3 is 2.75 bits per heavy atom. The summed E-state index contributed by atoms with van der Waals surface area (Å²) >= 11 is 0. The van der Waals surface area contributed by atoms with E-state index in [0.29, 0.717) is 5.92 Å². The molecule has 1 N–H and O–H groups in total. The lowest BCUT2D eigenvalue weighted by molar-refractivity contribution is 0.181. The predicted octanol–water partition coefficient (Wildman–Crippen LogP) is 2.05. The molecule has 134 valence electrons. The van der Waals surface area contributed by atoms with Crippen LogP contribution in [0.5, 0.6) is 0 Å². The van der Waals surface area contributed by atoms with E-state index < -0.39 is 0 Å². The van der Waals surface area contributed by atoms with E-state index in [2.05, 4.69) is 66.5 Å². The van der Waals surface area contributed by atoms with Gasteiger partial charge in [0.1, 0.15) is 0 Å². The standard InChI is InChI=1S/C19H32N4O/c1-4-20-19(23(3)15-18-10-13-24-16-18)21-11-12-22(2)14-17-8-6-5-7-9-17/h5-9,18H,4,10-16H2,1-3H3,(H,20,21). The first-order chi connectivity index (χ1) is 11.7. The van der Waals surface area contributed by atoms with Gasteiger partial charge in [0.2, 0.25) is 0 Å². The quantitative estimate of drug-likeness (QED) is 0.584. The molecule has 0 amide bonds. The van der Waals surface area contributed by atoms with Crippen LogP contribution in [0.3, 0.4) is 0 Å². The zero-order chi connectivity index (χ0) is 17.2. The Labute approximate surface area is 146 Å². The van der Waals surface area contributed by atoms with Crippen LogP contribution >= 0.6 is 0 Å². The molecular formula is C19H32N4O. The molecule has 1 aromatic carbocycles. The number of aliphatic imine (C=N–C) groups is 1. The topological polar surface area (TPSA) is 40.1 Å². The molecule has 0 bridgehead atoms. The Morgan fingerprint density at radius 1 is 1.29 bits per heavy atom. The number of likely N-dealkylation sites (N-methyl/N-ethyl adjacent to an activating group) is 1. The predicted molar refractivity (Wildman–Crippen MR) is 100 cm³/mol. The molecule has 5 nitrogen and oxygen atoms in total. The maximum absolute atomic E-state index is 5.47. The van der Waals surface area contributed by atoms with Gasteiger partial charge in [-0.25, -0.2) is 0 Å². The van der Waals surface area contributed by atoms with E-state index in [-0.39, 0.29) is 0 Å². The van der Waals surface area contributed by atoms with Crippen LogP contribution in [-0.4, -0.2) is 69.2 Å². The van der Waals surface area contributed by atoms with Crippen molar-refractivity contribution in [3.8, 4) is 0 Å². The normalized spacial score (nSPS) is 18.2. The molecule has 0 aromatic heterocycles. The summed E-state index contributed by atoms with van der Waals surface area (Å²) in [7, 11) is 4.27. The fourth-order valence-electron chi connectivity index (χ4n) is 2.97. The van der Waals surface area contributed by atoms with E-state index in [9.17, 15) is 0 Å². The molecule has 0 aliphatic carbocycles. The van der Waals surface area contributed by atoms with Crippen LogP contribution in [0.15, 0.2) is 35.3 Å². The van der Waals surface area contributed by atoms with Crippen LogP contribution in [0.2, 0.25) is 0 Å². The molecule has 24 heavy (non-hydrogen) atoms. The largest absolute Gasteiger partial charge is 0.381 e. The Bertz CT molecular complexity index is 485. The van der Waals surface area contributed by atoms with Crippen molar-refractivity contribution in [1.82, 2.24) is 15.1 Å². The fourth-order valence-corrected chi connectivity index (χ4v) is 2.97. The van der Waals surface area contributed by atoms with Gasteiger partial charge in [0.15, 0.2) is 5.96 Å². The van der Waals surface area contributed by atoms with Crippen LogP contribution in [0, 0.1) is 5.92 Å². The first kappa shape index (κ1) is 18.7. The monoisotopic (exact) mass is 332 g/mol. The third-order valence-electron chi connectivity index (χ3n) is 4.29. The lowest BCUT2D eigenvalue weighted by Crippen LogP contribution is -2.41. The molecule has 1 aromatic rings. The minimum atomic E-state index is 0.625. The van der Waals surface area contributed by atoms with E-state index in [4.69, 9.17) is 9.73 Å². The first-order valence-corrected chi connectivity index (χ1v) is 8.98. The van der Waals surface area contributed by atoms with Crippen LogP contribution in [-0.2, 0) is 11.3 Å². The lowest BCUT2D eigenvalue weighted by atomic mass is 10.1. The summed E-state index contributed by atoms with van der Waals surface area (Å²) in [5, 5.41) is 3.40. The molecule has 0 saturated carbocycles. The van der Waals surface area contributed by atoms with Crippen molar-refractivity contribution >= 4 is 5.96 Å². The summed E-state index contributed by atoms with van der Waals surface area (Å²) in [6.45, 7) is 8.50. The molecule has 0 radical (unpaired) electrons. The number of nitrogens with one attached hydrogen (secondary N) is 1. The van der Waals surface area contributed by atoms with Gasteiger partial charge in [-0.1, -0.05) is 30.3 Å². The zero-order valence-electron chi connectivity index (χ0n) is 15.4. The van der Waals surface area contributed by atoms with Gasteiger partial charge < -0.3 is 19.9 Å². The summed E-state index contributed by atoms with van der Waals surface area (Å²) in [5.41, 5.74) is 1.34. The highest BCUT2D eigenvalue weighted by atomic mass is 16.5. The summed E-state index contributed by atoms with van der Waals surface area (Å²) < 4.78 is 5.47. The molecule has 1 aliphatic rings. The average Bonchev–Trinajstić information content (AvgIpc) is 3.08. The van der Waals surface area contributed by atoms with Gasteiger partial charge in [0, 0.05) is 45.8 Å². The maximum Gasteiger partial charge on any atom is 0.193 e. The van der Waals surface area contributed by atoms with E-state index in [1.165, 1.54) is 5.56 Å². The van der Waals surface area contributed by atoms with E-state index >= 15 is 0 Å². The SMILES string of the molecule is CCNC(=NCCN(C)Cc1ccccc1)N(C)CC1CCOC1. The molecular weight excluding hydrogens is 300 g/mol. The van der Waals surface area contributed by atoms with Crippen LogP contribution in [0.4, 0.5) is 0 Å². The first-order valence-electron chi connectivity index (χ1n) is 8.98. The van der Waals surface area contributed by atoms with Crippen LogP contribution < -0.4 is 5.32 Å². The summed E-state index contributed by atoms with van der Waals surface area (Å²) in [6, 6.07) is 10.6. The Balaban J connectivity index is 1.78. The van der Waals surface area contributed by atoms with Crippen molar-refractivity contribution in [2.75, 3.05) is 53.5 Å². The lowest BCUT2D eigenvalue weighted by Gasteiger charge is -2.25. The second-order valence-corrected chi connectivity index (χ2v) is 6.57. The molecule has 1 saturated heterocycles. The number of hydrogen-bond donors (Lipinski definition) is 1.